The molecule has 0 aromatic heterocycles. The quantitative estimate of drug-likeness (QED) is 0.255. The molecule has 0 spiro atoms. The zero-order chi connectivity index (χ0) is 17.1. The van der Waals surface area contributed by atoms with E-state index in [2.05, 4.69) is 5.10 Å². The fourth-order valence-corrected chi connectivity index (χ4v) is 1.57. The molecule has 0 saturated heterocycles. The lowest BCUT2D eigenvalue weighted by molar-refractivity contribution is -0.138. The van der Waals surface area contributed by atoms with E-state index in [0.717, 1.165) is 11.3 Å². The van der Waals surface area contributed by atoms with Crippen molar-refractivity contribution in [1.82, 2.24) is 5.01 Å². The van der Waals surface area contributed by atoms with Gasteiger partial charge < -0.3 is 14.6 Å². The van der Waals surface area contributed by atoms with Crippen LogP contribution in [0.1, 0.15) is 12.5 Å². The largest absolute Gasteiger partial charge is 0.497 e. The van der Waals surface area contributed by atoms with Gasteiger partial charge in [0, 0.05) is 6.20 Å². The summed E-state index contributed by atoms with van der Waals surface area (Å²) in [4.78, 5) is 11.6. The van der Waals surface area contributed by atoms with E-state index in [-0.39, 0.29) is 25.3 Å². The number of carbonyl (C=O) groups excluding carboxylic acids is 1. The Hall–Kier alpha value is -2.85. The van der Waals surface area contributed by atoms with E-state index < -0.39 is 5.97 Å². The smallest absolute Gasteiger partial charge is 0.350 e. The Bertz CT molecular complexity index is 603. The summed E-state index contributed by atoms with van der Waals surface area (Å²) in [6.07, 6.45) is 2.79. The first-order valence-electron chi connectivity index (χ1n) is 6.99. The van der Waals surface area contributed by atoms with Crippen LogP contribution in [0.3, 0.4) is 0 Å². The molecule has 0 fully saturated rings. The number of benzene rings is 1. The van der Waals surface area contributed by atoms with Gasteiger partial charge in [-0.25, -0.2) is 4.79 Å². The first-order chi connectivity index (χ1) is 11.1. The van der Waals surface area contributed by atoms with Gasteiger partial charge in [-0.3, -0.25) is 5.01 Å². The minimum absolute atomic E-state index is 0.136. The van der Waals surface area contributed by atoms with E-state index in [1.165, 1.54) is 11.2 Å². The van der Waals surface area contributed by atoms with Gasteiger partial charge in [0.05, 0.1) is 33.1 Å². The van der Waals surface area contributed by atoms with Crippen LogP contribution in [0, 0.1) is 11.3 Å². The summed E-state index contributed by atoms with van der Waals surface area (Å²) in [7, 11) is 1.58. The number of nitrogens with zero attached hydrogens (tertiary/aromatic N) is 3. The highest BCUT2D eigenvalue weighted by molar-refractivity contribution is 5.92. The normalized spacial score (nSPS) is 11.1. The molecule has 1 aromatic carbocycles. The summed E-state index contributed by atoms with van der Waals surface area (Å²) in [5.41, 5.74) is 0.615. The van der Waals surface area contributed by atoms with Gasteiger partial charge in [-0.15, -0.1) is 0 Å². The van der Waals surface area contributed by atoms with E-state index in [1.807, 2.05) is 0 Å². The van der Waals surface area contributed by atoms with Gasteiger partial charge >= 0.3 is 5.97 Å². The molecule has 0 radical (unpaired) electrons. The predicted molar refractivity (Wildman–Crippen MR) is 84.7 cm³/mol. The van der Waals surface area contributed by atoms with Crippen molar-refractivity contribution in [2.24, 2.45) is 5.10 Å². The Morgan fingerprint density at radius 1 is 1.43 bits per heavy atom. The van der Waals surface area contributed by atoms with Crippen LogP contribution in [0.15, 0.2) is 41.1 Å². The standard InChI is InChI=1S/C16H19N3O4/c1-3-23-16(21)14(10-17)12-19(8-9-20)18-11-13-4-6-15(22-2)7-5-13/h4-7,11-12,20H,3,8-9H2,1-2H3. The van der Waals surface area contributed by atoms with Gasteiger partial charge in [-0.05, 0) is 36.8 Å². The number of methoxy groups -OCH3 is 1. The molecule has 122 valence electrons. The maximum absolute atomic E-state index is 11.6. The van der Waals surface area contributed by atoms with Crippen molar-refractivity contribution in [2.75, 3.05) is 26.9 Å². The van der Waals surface area contributed by atoms with E-state index in [4.69, 9.17) is 19.8 Å². The minimum atomic E-state index is -0.724. The number of hydrogen-bond acceptors (Lipinski definition) is 7. The zero-order valence-corrected chi connectivity index (χ0v) is 13.1. The summed E-state index contributed by atoms with van der Waals surface area (Å²) in [6.45, 7) is 1.78. The number of nitriles is 1. The summed E-state index contributed by atoms with van der Waals surface area (Å²) in [6, 6.07) is 8.94. The molecule has 0 amide bonds. The highest BCUT2D eigenvalue weighted by Gasteiger charge is 2.11. The molecule has 0 aliphatic rings. The number of carbonyl (C=O) groups is 1. The van der Waals surface area contributed by atoms with Crippen LogP contribution in [0.5, 0.6) is 5.75 Å². The summed E-state index contributed by atoms with van der Waals surface area (Å²) in [5, 5.41) is 23.5. The second-order valence-corrected chi connectivity index (χ2v) is 4.28. The minimum Gasteiger partial charge on any atom is -0.497 e. The molecule has 0 heterocycles. The molecule has 0 saturated carbocycles. The topological polar surface area (TPSA) is 95.2 Å². The SMILES string of the molecule is CCOC(=O)C(C#N)=CN(CCO)N=Cc1ccc(OC)cc1. The third-order valence-corrected chi connectivity index (χ3v) is 2.69. The van der Waals surface area contributed by atoms with E-state index in [9.17, 15) is 4.79 Å². The average Bonchev–Trinajstić information content (AvgIpc) is 2.57. The Balaban J connectivity index is 2.90. The van der Waals surface area contributed by atoms with Crippen molar-refractivity contribution in [3.63, 3.8) is 0 Å². The Morgan fingerprint density at radius 2 is 2.13 bits per heavy atom. The summed E-state index contributed by atoms with van der Waals surface area (Å²) >= 11 is 0. The number of esters is 1. The zero-order valence-electron chi connectivity index (χ0n) is 13.1. The second kappa shape index (κ2) is 9.97. The summed E-state index contributed by atoms with van der Waals surface area (Å²) in [5.74, 6) is 0.000857. The monoisotopic (exact) mass is 317 g/mol. The van der Waals surface area contributed by atoms with Crippen LogP contribution < -0.4 is 4.74 Å². The molecule has 1 N–H and O–H groups in total. The maximum Gasteiger partial charge on any atom is 0.350 e. The van der Waals surface area contributed by atoms with Crippen LogP contribution >= 0.6 is 0 Å². The number of rotatable bonds is 8. The third kappa shape index (κ3) is 6.20. The van der Waals surface area contributed by atoms with Gasteiger partial charge in [-0.1, -0.05) is 0 Å². The highest BCUT2D eigenvalue weighted by Crippen LogP contribution is 2.10. The Morgan fingerprint density at radius 3 is 2.65 bits per heavy atom. The molecule has 7 nitrogen and oxygen atoms in total. The van der Waals surface area contributed by atoms with Crippen LogP contribution in [0.2, 0.25) is 0 Å². The Labute approximate surface area is 135 Å². The second-order valence-electron chi connectivity index (χ2n) is 4.28. The van der Waals surface area contributed by atoms with Crippen LogP contribution in [-0.2, 0) is 9.53 Å². The number of aliphatic hydroxyl groups excluding tert-OH is 1. The van der Waals surface area contributed by atoms with Gasteiger partial charge in [0.1, 0.15) is 11.8 Å². The molecule has 1 rings (SSSR count). The lowest BCUT2D eigenvalue weighted by Gasteiger charge is -2.13. The number of hydrazone groups is 1. The van der Waals surface area contributed by atoms with E-state index in [0.29, 0.717) is 0 Å². The molecule has 0 bridgehead atoms. The molecule has 1 aromatic rings. The van der Waals surface area contributed by atoms with Crippen LogP contribution in [-0.4, -0.2) is 49.2 Å². The van der Waals surface area contributed by atoms with Crippen LogP contribution in [0.4, 0.5) is 0 Å². The van der Waals surface area contributed by atoms with E-state index in [1.54, 1.807) is 50.6 Å². The Kier molecular flexibility index (Phi) is 7.89. The van der Waals surface area contributed by atoms with Crippen molar-refractivity contribution in [3.8, 4) is 11.8 Å². The number of hydrogen-bond donors (Lipinski definition) is 1. The van der Waals surface area contributed by atoms with Crippen molar-refractivity contribution in [1.29, 1.82) is 5.26 Å². The predicted octanol–water partition coefficient (Wildman–Crippen LogP) is 1.29. The molecule has 7 heteroatoms. The first kappa shape index (κ1) is 18.2. The molecular weight excluding hydrogens is 298 g/mol. The lowest BCUT2D eigenvalue weighted by atomic mass is 10.2. The fraction of sp³-hybridized carbons (Fsp3) is 0.312. The third-order valence-electron chi connectivity index (χ3n) is 2.69. The molecular formula is C16H19N3O4. The average molecular weight is 317 g/mol. The number of ether oxygens (including phenoxy) is 2. The maximum atomic E-state index is 11.6. The molecule has 0 aliphatic heterocycles. The van der Waals surface area contributed by atoms with Crippen molar-refractivity contribution < 1.29 is 19.4 Å². The summed E-state index contributed by atoms with van der Waals surface area (Å²) < 4.78 is 9.84. The molecule has 0 unspecified atom stereocenters. The van der Waals surface area contributed by atoms with Gasteiger partial charge in [0.15, 0.2) is 5.57 Å². The van der Waals surface area contributed by atoms with E-state index >= 15 is 0 Å². The molecule has 0 atom stereocenters. The lowest BCUT2D eigenvalue weighted by Crippen LogP contribution is -2.18. The van der Waals surface area contributed by atoms with Crippen molar-refractivity contribution in [3.05, 3.63) is 41.6 Å². The molecule has 0 aliphatic carbocycles. The van der Waals surface area contributed by atoms with Crippen molar-refractivity contribution in [2.45, 2.75) is 6.92 Å². The van der Waals surface area contributed by atoms with Crippen molar-refractivity contribution >= 4 is 12.2 Å². The fourth-order valence-electron chi connectivity index (χ4n) is 1.57. The first-order valence-corrected chi connectivity index (χ1v) is 6.99. The number of aliphatic hydroxyl groups is 1. The molecule has 23 heavy (non-hydrogen) atoms. The van der Waals surface area contributed by atoms with Gasteiger partial charge in [0.2, 0.25) is 0 Å². The van der Waals surface area contributed by atoms with Gasteiger partial charge in [0.25, 0.3) is 0 Å². The van der Waals surface area contributed by atoms with Crippen LogP contribution in [0.25, 0.3) is 0 Å². The highest BCUT2D eigenvalue weighted by atomic mass is 16.5. The van der Waals surface area contributed by atoms with Gasteiger partial charge in [-0.2, -0.15) is 10.4 Å².